The van der Waals surface area contributed by atoms with Gasteiger partial charge in [-0.1, -0.05) is 202 Å². The van der Waals surface area contributed by atoms with E-state index in [1.54, 1.807) is 0 Å². The monoisotopic (exact) mass is 991 g/mol. The van der Waals surface area contributed by atoms with Crippen molar-refractivity contribution in [2.24, 2.45) is 0 Å². The van der Waals surface area contributed by atoms with Crippen LogP contribution >= 0.6 is 0 Å². The summed E-state index contributed by atoms with van der Waals surface area (Å²) in [5.41, 5.74) is 0. The topological polar surface area (TPSA) is 102 Å². The van der Waals surface area contributed by atoms with E-state index in [4.69, 9.17) is 14.2 Å². The Morgan fingerprint density at radius 2 is 0.586 bits per heavy atom. The van der Waals surface area contributed by atoms with E-state index in [-0.39, 0.29) is 42.3 Å². The van der Waals surface area contributed by atoms with Gasteiger partial charge in [0.1, 0.15) is 18.3 Å². The van der Waals surface area contributed by atoms with Crippen molar-refractivity contribution in [2.45, 2.75) is 342 Å². The minimum Gasteiger partial charge on any atom is -0.462 e. The van der Waals surface area contributed by atoms with Gasteiger partial charge in [-0.2, -0.15) is 0 Å². The molecule has 0 rings (SSSR count). The van der Waals surface area contributed by atoms with Crippen molar-refractivity contribution >= 4 is 23.8 Å². The Morgan fingerprint density at radius 1 is 0.314 bits per heavy atom. The lowest BCUT2D eigenvalue weighted by Gasteiger charge is -2.33. The molecule has 1 amide bonds. The van der Waals surface area contributed by atoms with Crippen molar-refractivity contribution in [2.75, 3.05) is 27.2 Å². The van der Waals surface area contributed by atoms with Crippen molar-refractivity contribution in [3.63, 3.8) is 0 Å². The van der Waals surface area contributed by atoms with Crippen LogP contribution in [0.2, 0.25) is 0 Å². The van der Waals surface area contributed by atoms with Crippen LogP contribution < -0.4 is 0 Å². The minimum absolute atomic E-state index is 0.0185. The fourth-order valence-electron chi connectivity index (χ4n) is 9.72. The molecule has 70 heavy (non-hydrogen) atoms. The molecule has 0 bridgehead atoms. The minimum atomic E-state index is -0.0416. The number of carbonyl (C=O) groups excluding carboxylic acids is 4. The molecule has 414 valence electrons. The number of carbonyl (C=O) groups is 4. The number of ether oxygens (including phenoxy) is 3. The lowest BCUT2D eigenvalue weighted by atomic mass is 9.97. The van der Waals surface area contributed by atoms with Gasteiger partial charge in [0.2, 0.25) is 5.91 Å². The average Bonchev–Trinajstić information content (AvgIpc) is 3.34. The summed E-state index contributed by atoms with van der Waals surface area (Å²) in [5.74, 6) is 0.241. The Balaban J connectivity index is 5.31. The Bertz CT molecular complexity index is 1120. The molecule has 0 aromatic heterocycles. The van der Waals surface area contributed by atoms with Gasteiger partial charge >= 0.3 is 17.9 Å². The van der Waals surface area contributed by atoms with Crippen molar-refractivity contribution < 1.29 is 33.4 Å². The first-order valence-corrected chi connectivity index (χ1v) is 30.6. The van der Waals surface area contributed by atoms with Crippen LogP contribution in [0.25, 0.3) is 0 Å². The summed E-state index contributed by atoms with van der Waals surface area (Å²) in [6.07, 6.45) is 43.9. The second kappa shape index (κ2) is 50.4. The second-order valence-electron chi connectivity index (χ2n) is 21.5. The number of unbranched alkanes of at least 4 members (excludes halogenated alkanes) is 21. The molecule has 0 fully saturated rings. The van der Waals surface area contributed by atoms with Crippen LogP contribution in [0.5, 0.6) is 0 Å². The molecule has 0 saturated carbocycles. The van der Waals surface area contributed by atoms with Gasteiger partial charge in [0.25, 0.3) is 0 Å². The highest BCUT2D eigenvalue weighted by Crippen LogP contribution is 2.23. The van der Waals surface area contributed by atoms with Gasteiger partial charge in [0.15, 0.2) is 0 Å². The highest BCUT2D eigenvalue weighted by molar-refractivity contribution is 5.76. The first kappa shape index (κ1) is 67.8. The summed E-state index contributed by atoms with van der Waals surface area (Å²) in [6, 6.07) is 0.266. The molecular weight excluding hydrogens is 873 g/mol. The third-order valence-electron chi connectivity index (χ3n) is 14.3. The summed E-state index contributed by atoms with van der Waals surface area (Å²) >= 11 is 0. The molecule has 9 nitrogen and oxygen atoms in total. The molecule has 9 heteroatoms. The summed E-state index contributed by atoms with van der Waals surface area (Å²) < 4.78 is 17.7. The number of nitrogens with zero attached hydrogens (tertiary/aromatic N) is 2. The van der Waals surface area contributed by atoms with Gasteiger partial charge in [0, 0.05) is 38.3 Å². The van der Waals surface area contributed by atoms with Gasteiger partial charge in [-0.05, 0) is 111 Å². The predicted molar refractivity (Wildman–Crippen MR) is 296 cm³/mol. The van der Waals surface area contributed by atoms with Crippen molar-refractivity contribution in [1.29, 1.82) is 0 Å². The summed E-state index contributed by atoms with van der Waals surface area (Å²) in [7, 11) is 4.25. The lowest BCUT2D eigenvalue weighted by Crippen LogP contribution is -2.41. The van der Waals surface area contributed by atoms with E-state index in [2.05, 4.69) is 65.4 Å². The summed E-state index contributed by atoms with van der Waals surface area (Å²) in [6.45, 7) is 15.0. The van der Waals surface area contributed by atoms with Crippen molar-refractivity contribution in [1.82, 2.24) is 9.80 Å². The van der Waals surface area contributed by atoms with Crippen LogP contribution in [0.1, 0.15) is 318 Å². The van der Waals surface area contributed by atoms with Crippen molar-refractivity contribution in [3.05, 3.63) is 0 Å². The van der Waals surface area contributed by atoms with Crippen LogP contribution in [-0.4, -0.2) is 85.2 Å². The van der Waals surface area contributed by atoms with Crippen LogP contribution in [0, 0.1) is 0 Å². The zero-order valence-corrected chi connectivity index (χ0v) is 47.9. The molecule has 0 spiro atoms. The number of hydrogen-bond acceptors (Lipinski definition) is 8. The standard InChI is InChI=1S/C61H118N2O7/c1-9-15-42-55(43-16-10-2)68-59(65)49-35-29-23-21-26-32-40-54(41-33-27-22-24-30-36-50-60(66)69-56(44-17-11-3)45-18-12-4)63(53-39-38-52-62(7)8)58(64)48-34-28-25-31-37-51-61(67)70-57(46-19-13-5)47-20-14-6/h54-57H,9-53H2,1-8H3. The molecule has 0 aliphatic heterocycles. The third kappa shape index (κ3) is 42.4. The molecule has 0 aliphatic rings. The van der Waals surface area contributed by atoms with Crippen LogP contribution in [0.3, 0.4) is 0 Å². The largest absolute Gasteiger partial charge is 0.462 e. The second-order valence-corrected chi connectivity index (χ2v) is 21.5. The number of hydrogen-bond donors (Lipinski definition) is 0. The molecule has 0 saturated heterocycles. The van der Waals surface area contributed by atoms with Gasteiger partial charge in [0.05, 0.1) is 0 Å². The van der Waals surface area contributed by atoms with Crippen LogP contribution in [-0.2, 0) is 33.4 Å². The zero-order valence-electron chi connectivity index (χ0n) is 47.9. The highest BCUT2D eigenvalue weighted by Gasteiger charge is 2.23. The quantitative estimate of drug-likeness (QED) is 0.0337. The third-order valence-corrected chi connectivity index (χ3v) is 14.3. The molecule has 0 aromatic carbocycles. The zero-order chi connectivity index (χ0) is 51.7. The Labute approximate surface area is 434 Å². The molecule has 0 radical (unpaired) electrons. The molecular formula is C61H118N2O7. The van der Waals surface area contributed by atoms with Crippen molar-refractivity contribution in [3.8, 4) is 0 Å². The summed E-state index contributed by atoms with van der Waals surface area (Å²) in [4.78, 5) is 56.7. The smallest absolute Gasteiger partial charge is 0.306 e. The van der Waals surface area contributed by atoms with E-state index in [0.29, 0.717) is 31.6 Å². The Kier molecular flexibility index (Phi) is 48.8. The fourth-order valence-corrected chi connectivity index (χ4v) is 9.72. The molecule has 0 aromatic rings. The first-order chi connectivity index (χ1) is 34.0. The van der Waals surface area contributed by atoms with Crippen LogP contribution in [0.4, 0.5) is 0 Å². The van der Waals surface area contributed by atoms with E-state index < -0.39 is 0 Å². The van der Waals surface area contributed by atoms with E-state index in [9.17, 15) is 19.2 Å². The molecule has 0 unspecified atom stereocenters. The van der Waals surface area contributed by atoms with Gasteiger partial charge in [-0.15, -0.1) is 0 Å². The van der Waals surface area contributed by atoms with Gasteiger partial charge in [-0.3, -0.25) is 19.2 Å². The molecule has 0 aliphatic carbocycles. The van der Waals surface area contributed by atoms with E-state index >= 15 is 0 Å². The fraction of sp³-hybridized carbons (Fsp3) is 0.934. The maximum Gasteiger partial charge on any atom is 0.306 e. The average molecular weight is 992 g/mol. The van der Waals surface area contributed by atoms with E-state index in [0.717, 1.165) is 264 Å². The SMILES string of the molecule is CCCCC(CCCC)OC(=O)CCCCCCCCC(CCCCCCCCC(=O)OC(CCCC)CCCC)N(CCCCN(C)C)C(=O)CCCCCCCC(=O)OC(CCCC)CCCC. The number of esters is 3. The van der Waals surface area contributed by atoms with E-state index in [1.165, 1.54) is 0 Å². The van der Waals surface area contributed by atoms with E-state index in [1.807, 2.05) is 0 Å². The highest BCUT2D eigenvalue weighted by atomic mass is 16.6. The maximum atomic E-state index is 14.2. The summed E-state index contributed by atoms with van der Waals surface area (Å²) in [5, 5.41) is 0. The number of amides is 1. The van der Waals surface area contributed by atoms with Crippen LogP contribution in [0.15, 0.2) is 0 Å². The number of rotatable bonds is 53. The Hall–Kier alpha value is -2.16. The first-order valence-electron chi connectivity index (χ1n) is 30.6. The normalized spacial score (nSPS) is 11.7. The molecule has 0 heterocycles. The van der Waals surface area contributed by atoms with Gasteiger partial charge in [-0.25, -0.2) is 0 Å². The van der Waals surface area contributed by atoms with Gasteiger partial charge < -0.3 is 24.0 Å². The molecule has 0 N–H and O–H groups in total. The predicted octanol–water partition coefficient (Wildman–Crippen LogP) is 17.4. The lowest BCUT2D eigenvalue weighted by molar-refractivity contribution is -0.151. The molecule has 0 atom stereocenters. The Morgan fingerprint density at radius 3 is 0.886 bits per heavy atom. The maximum absolute atomic E-state index is 14.2.